The Hall–Kier alpha value is -2.01. The van der Waals surface area contributed by atoms with Crippen molar-refractivity contribution in [3.8, 4) is 0 Å². The Balaban J connectivity index is 2.17. The topological polar surface area (TPSA) is 64.1 Å². The first-order valence-electron chi connectivity index (χ1n) is 5.71. The molecule has 0 unspecified atom stereocenters. The monoisotopic (exact) mass is 245 g/mol. The molecule has 1 amide bonds. The molecule has 0 aliphatic rings. The summed E-state index contributed by atoms with van der Waals surface area (Å²) in [4.78, 5) is 20.3. The molecule has 1 N–H and O–H groups in total. The molecule has 2 aromatic rings. The molecule has 1 heterocycles. The zero-order chi connectivity index (χ0) is 13.0. The Kier molecular flexibility index (Phi) is 3.84. The predicted molar refractivity (Wildman–Crippen MR) is 68.3 cm³/mol. The van der Waals surface area contributed by atoms with Crippen molar-refractivity contribution in [1.29, 1.82) is 0 Å². The largest absolute Gasteiger partial charge is 0.383 e. The van der Waals surface area contributed by atoms with Gasteiger partial charge in [-0.25, -0.2) is 0 Å². The molecule has 5 heteroatoms. The number of carbonyl (C=O) groups is 1. The molecule has 2 rings (SSSR count). The molecule has 94 valence electrons. The van der Waals surface area contributed by atoms with Crippen LogP contribution < -0.4 is 5.32 Å². The van der Waals surface area contributed by atoms with Crippen LogP contribution >= 0.6 is 0 Å². The van der Waals surface area contributed by atoms with E-state index in [4.69, 9.17) is 4.74 Å². The van der Waals surface area contributed by atoms with Gasteiger partial charge in [0.1, 0.15) is 0 Å². The van der Waals surface area contributed by atoms with Crippen LogP contribution in [-0.2, 0) is 4.74 Å². The van der Waals surface area contributed by atoms with Crippen molar-refractivity contribution in [1.82, 2.24) is 15.3 Å². The van der Waals surface area contributed by atoms with Gasteiger partial charge < -0.3 is 10.1 Å². The first-order chi connectivity index (χ1) is 8.70. The minimum atomic E-state index is -0.132. The fourth-order valence-corrected chi connectivity index (χ4v) is 1.70. The van der Waals surface area contributed by atoms with Gasteiger partial charge in [0.15, 0.2) is 0 Å². The van der Waals surface area contributed by atoms with E-state index in [1.54, 1.807) is 37.7 Å². The summed E-state index contributed by atoms with van der Waals surface area (Å²) in [6.45, 7) is 2.38. The number of fused-ring (bicyclic) bond motifs is 1. The number of methoxy groups -OCH3 is 1. The van der Waals surface area contributed by atoms with Crippen LogP contribution in [0.5, 0.6) is 0 Å². The van der Waals surface area contributed by atoms with E-state index in [0.29, 0.717) is 17.7 Å². The Morgan fingerprint density at radius 2 is 2.06 bits per heavy atom. The molecule has 1 aromatic heterocycles. The van der Waals surface area contributed by atoms with E-state index in [0.717, 1.165) is 5.52 Å². The van der Waals surface area contributed by atoms with Gasteiger partial charge in [-0.1, -0.05) is 0 Å². The quantitative estimate of drug-likeness (QED) is 0.884. The van der Waals surface area contributed by atoms with Crippen LogP contribution in [0.1, 0.15) is 17.3 Å². The summed E-state index contributed by atoms with van der Waals surface area (Å²) < 4.78 is 4.97. The van der Waals surface area contributed by atoms with Crippen molar-refractivity contribution in [2.24, 2.45) is 0 Å². The number of ether oxygens (including phenoxy) is 1. The highest BCUT2D eigenvalue weighted by atomic mass is 16.5. The minimum absolute atomic E-state index is 0.0277. The Bertz CT molecular complexity index is 557. The van der Waals surface area contributed by atoms with Gasteiger partial charge in [0.2, 0.25) is 0 Å². The van der Waals surface area contributed by atoms with Gasteiger partial charge in [-0.15, -0.1) is 0 Å². The SMILES string of the molecule is COC[C@@H](C)NC(=O)c1ccc2nccnc2c1. The number of rotatable bonds is 4. The minimum Gasteiger partial charge on any atom is -0.383 e. The highest BCUT2D eigenvalue weighted by molar-refractivity contribution is 5.97. The van der Waals surface area contributed by atoms with Crippen LogP contribution in [0.25, 0.3) is 11.0 Å². The summed E-state index contributed by atoms with van der Waals surface area (Å²) in [6.07, 6.45) is 3.24. The maximum absolute atomic E-state index is 12.0. The molecule has 18 heavy (non-hydrogen) atoms. The van der Waals surface area contributed by atoms with Crippen molar-refractivity contribution in [3.05, 3.63) is 36.2 Å². The zero-order valence-corrected chi connectivity index (χ0v) is 10.4. The first-order valence-corrected chi connectivity index (χ1v) is 5.71. The molecule has 0 spiro atoms. The summed E-state index contributed by atoms with van der Waals surface area (Å²) in [7, 11) is 1.61. The fourth-order valence-electron chi connectivity index (χ4n) is 1.70. The third-order valence-electron chi connectivity index (χ3n) is 2.53. The zero-order valence-electron chi connectivity index (χ0n) is 10.4. The Morgan fingerprint density at radius 3 is 2.78 bits per heavy atom. The van der Waals surface area contributed by atoms with Crippen molar-refractivity contribution in [2.45, 2.75) is 13.0 Å². The third-order valence-corrected chi connectivity index (χ3v) is 2.53. The number of hydrogen-bond donors (Lipinski definition) is 1. The molecule has 0 bridgehead atoms. The molecule has 0 aliphatic carbocycles. The standard InChI is InChI=1S/C13H15N3O2/c1-9(8-18-2)16-13(17)10-3-4-11-12(7-10)15-6-5-14-11/h3-7,9H,8H2,1-2H3,(H,16,17)/t9-/m1/s1. The second-order valence-electron chi connectivity index (χ2n) is 4.09. The molecular weight excluding hydrogens is 230 g/mol. The Labute approximate surface area is 105 Å². The predicted octanol–water partition coefficient (Wildman–Crippen LogP) is 1.39. The molecule has 0 aliphatic heterocycles. The van der Waals surface area contributed by atoms with E-state index in [9.17, 15) is 4.79 Å². The average Bonchev–Trinajstić information content (AvgIpc) is 2.38. The lowest BCUT2D eigenvalue weighted by Crippen LogP contribution is -2.35. The lowest BCUT2D eigenvalue weighted by molar-refractivity contribution is 0.0905. The number of nitrogens with zero attached hydrogens (tertiary/aromatic N) is 2. The van der Waals surface area contributed by atoms with Crippen LogP contribution in [0.4, 0.5) is 0 Å². The maximum atomic E-state index is 12.0. The van der Waals surface area contributed by atoms with E-state index in [2.05, 4.69) is 15.3 Å². The van der Waals surface area contributed by atoms with Gasteiger partial charge in [-0.2, -0.15) is 0 Å². The normalized spacial score (nSPS) is 12.3. The van der Waals surface area contributed by atoms with Crippen LogP contribution in [0.15, 0.2) is 30.6 Å². The second kappa shape index (κ2) is 5.55. The van der Waals surface area contributed by atoms with Crippen LogP contribution in [-0.4, -0.2) is 35.6 Å². The molecule has 0 radical (unpaired) electrons. The summed E-state index contributed by atoms with van der Waals surface area (Å²) in [6, 6.07) is 5.24. The van der Waals surface area contributed by atoms with Gasteiger partial charge >= 0.3 is 0 Å². The number of carbonyl (C=O) groups excluding carboxylic acids is 1. The molecule has 1 atom stereocenters. The van der Waals surface area contributed by atoms with Crippen LogP contribution in [0, 0.1) is 0 Å². The summed E-state index contributed by atoms with van der Waals surface area (Å²) >= 11 is 0. The molecule has 0 saturated carbocycles. The number of nitrogens with one attached hydrogen (secondary N) is 1. The average molecular weight is 245 g/mol. The summed E-state index contributed by atoms with van der Waals surface area (Å²) in [5.41, 5.74) is 2.06. The van der Waals surface area contributed by atoms with Gasteiger partial charge in [-0.3, -0.25) is 14.8 Å². The van der Waals surface area contributed by atoms with Gasteiger partial charge in [0, 0.05) is 31.1 Å². The van der Waals surface area contributed by atoms with E-state index >= 15 is 0 Å². The van der Waals surface area contributed by atoms with Gasteiger partial charge in [0.05, 0.1) is 17.6 Å². The molecule has 0 saturated heterocycles. The first kappa shape index (κ1) is 12.4. The lowest BCUT2D eigenvalue weighted by Gasteiger charge is -2.12. The van der Waals surface area contributed by atoms with Crippen molar-refractivity contribution >= 4 is 16.9 Å². The van der Waals surface area contributed by atoms with Crippen molar-refractivity contribution < 1.29 is 9.53 Å². The fraction of sp³-hybridized carbons (Fsp3) is 0.308. The number of aromatic nitrogens is 2. The number of hydrogen-bond acceptors (Lipinski definition) is 4. The smallest absolute Gasteiger partial charge is 0.251 e. The highest BCUT2D eigenvalue weighted by Gasteiger charge is 2.10. The van der Waals surface area contributed by atoms with Crippen molar-refractivity contribution in [3.63, 3.8) is 0 Å². The van der Waals surface area contributed by atoms with Gasteiger partial charge in [0.25, 0.3) is 5.91 Å². The number of amides is 1. The van der Waals surface area contributed by atoms with Gasteiger partial charge in [-0.05, 0) is 25.1 Å². The third kappa shape index (κ3) is 2.81. The maximum Gasteiger partial charge on any atom is 0.251 e. The second-order valence-corrected chi connectivity index (χ2v) is 4.09. The molecule has 1 aromatic carbocycles. The molecular formula is C13H15N3O2. The lowest BCUT2D eigenvalue weighted by atomic mass is 10.1. The molecule has 0 fully saturated rings. The van der Waals surface area contributed by atoms with E-state index < -0.39 is 0 Å². The molecule has 5 nitrogen and oxygen atoms in total. The van der Waals surface area contributed by atoms with Crippen LogP contribution in [0.3, 0.4) is 0 Å². The van der Waals surface area contributed by atoms with Crippen LogP contribution in [0.2, 0.25) is 0 Å². The van der Waals surface area contributed by atoms with E-state index in [1.165, 1.54) is 0 Å². The number of benzene rings is 1. The highest BCUT2D eigenvalue weighted by Crippen LogP contribution is 2.10. The van der Waals surface area contributed by atoms with E-state index in [1.807, 2.05) is 6.92 Å². The van der Waals surface area contributed by atoms with Crippen molar-refractivity contribution in [2.75, 3.05) is 13.7 Å². The summed E-state index contributed by atoms with van der Waals surface area (Å²) in [5, 5.41) is 2.85. The summed E-state index contributed by atoms with van der Waals surface area (Å²) in [5.74, 6) is -0.132. The Morgan fingerprint density at radius 1 is 1.33 bits per heavy atom. The van der Waals surface area contributed by atoms with E-state index in [-0.39, 0.29) is 11.9 Å².